The SMILES string of the molecule is O=C1CCC(N2C(=O)c3ccc(CN4CCCC(CCC5CCCNC5)C4)cc3C2=O)C(=O)N1. The summed E-state index contributed by atoms with van der Waals surface area (Å²) in [4.78, 5) is 53.2. The normalized spacial score (nSPS) is 28.2. The number of nitrogens with one attached hydrogen (secondary N) is 2. The minimum atomic E-state index is -0.921. The second kappa shape index (κ2) is 9.96. The molecule has 0 aromatic heterocycles. The minimum absolute atomic E-state index is 0.127. The monoisotopic (exact) mass is 466 g/mol. The zero-order chi connectivity index (χ0) is 23.7. The Bertz CT molecular complexity index is 987. The fraction of sp³-hybridized carbons (Fsp3) is 0.615. The third-order valence-electron chi connectivity index (χ3n) is 7.90. The number of benzene rings is 1. The summed E-state index contributed by atoms with van der Waals surface area (Å²) in [6, 6.07) is 4.54. The van der Waals surface area contributed by atoms with E-state index in [0.717, 1.165) is 55.0 Å². The van der Waals surface area contributed by atoms with Crippen LogP contribution in [0, 0.1) is 11.8 Å². The Morgan fingerprint density at radius 3 is 2.50 bits per heavy atom. The number of piperidine rings is 3. The first-order valence-corrected chi connectivity index (χ1v) is 12.8. The third-order valence-corrected chi connectivity index (χ3v) is 7.90. The van der Waals surface area contributed by atoms with E-state index in [4.69, 9.17) is 0 Å². The molecule has 0 saturated carbocycles. The number of amides is 4. The third kappa shape index (κ3) is 4.79. The van der Waals surface area contributed by atoms with Crippen molar-refractivity contribution in [3.8, 4) is 0 Å². The van der Waals surface area contributed by atoms with Gasteiger partial charge in [-0.1, -0.05) is 6.07 Å². The van der Waals surface area contributed by atoms with Crippen molar-refractivity contribution in [3.63, 3.8) is 0 Å². The molecule has 1 aromatic rings. The zero-order valence-corrected chi connectivity index (χ0v) is 19.7. The quantitative estimate of drug-likeness (QED) is 0.623. The van der Waals surface area contributed by atoms with Gasteiger partial charge in [-0.15, -0.1) is 0 Å². The Morgan fingerprint density at radius 1 is 0.912 bits per heavy atom. The van der Waals surface area contributed by atoms with Gasteiger partial charge in [-0.2, -0.15) is 0 Å². The number of hydrogen-bond acceptors (Lipinski definition) is 6. The Hall–Kier alpha value is -2.58. The van der Waals surface area contributed by atoms with Gasteiger partial charge in [-0.3, -0.25) is 34.3 Å². The summed E-state index contributed by atoms with van der Waals surface area (Å²) in [5, 5.41) is 5.76. The highest BCUT2D eigenvalue weighted by atomic mass is 16.2. The Balaban J connectivity index is 1.21. The van der Waals surface area contributed by atoms with Crippen LogP contribution in [0.2, 0.25) is 0 Å². The van der Waals surface area contributed by atoms with Crippen LogP contribution in [0.1, 0.15) is 77.6 Å². The van der Waals surface area contributed by atoms with E-state index < -0.39 is 23.8 Å². The van der Waals surface area contributed by atoms with E-state index in [1.807, 2.05) is 12.1 Å². The average molecular weight is 467 g/mol. The molecule has 3 unspecified atom stereocenters. The van der Waals surface area contributed by atoms with Crippen molar-refractivity contribution < 1.29 is 19.2 Å². The molecule has 1 aromatic carbocycles. The maximum Gasteiger partial charge on any atom is 0.262 e. The highest BCUT2D eigenvalue weighted by Gasteiger charge is 2.44. The van der Waals surface area contributed by atoms with Gasteiger partial charge in [0.05, 0.1) is 11.1 Å². The largest absolute Gasteiger partial charge is 0.316 e. The van der Waals surface area contributed by atoms with Gasteiger partial charge in [0.1, 0.15) is 6.04 Å². The molecular formula is C26H34N4O4. The predicted molar refractivity (Wildman–Crippen MR) is 126 cm³/mol. The van der Waals surface area contributed by atoms with Crippen LogP contribution in [0.15, 0.2) is 18.2 Å². The summed E-state index contributed by atoms with van der Waals surface area (Å²) in [7, 11) is 0. The van der Waals surface area contributed by atoms with E-state index >= 15 is 0 Å². The number of likely N-dealkylation sites (tertiary alicyclic amines) is 1. The van der Waals surface area contributed by atoms with Gasteiger partial charge in [-0.05, 0) is 94.1 Å². The van der Waals surface area contributed by atoms with Crippen molar-refractivity contribution in [3.05, 3.63) is 34.9 Å². The number of nitrogens with zero attached hydrogens (tertiary/aromatic N) is 2. The molecule has 0 spiro atoms. The molecule has 0 bridgehead atoms. The van der Waals surface area contributed by atoms with Gasteiger partial charge < -0.3 is 5.32 Å². The Kier molecular flexibility index (Phi) is 6.79. The fourth-order valence-corrected chi connectivity index (χ4v) is 6.05. The molecule has 0 aliphatic carbocycles. The number of imide groups is 2. The van der Waals surface area contributed by atoms with E-state index in [-0.39, 0.29) is 18.7 Å². The maximum absolute atomic E-state index is 13.1. The predicted octanol–water partition coefficient (Wildman–Crippen LogP) is 2.08. The molecule has 3 saturated heterocycles. The highest BCUT2D eigenvalue weighted by Crippen LogP contribution is 2.30. The van der Waals surface area contributed by atoms with Gasteiger partial charge in [0.25, 0.3) is 11.8 Å². The number of carbonyl (C=O) groups is 4. The molecule has 4 amide bonds. The molecule has 8 heteroatoms. The van der Waals surface area contributed by atoms with Crippen LogP contribution in [0.25, 0.3) is 0 Å². The van der Waals surface area contributed by atoms with Crippen LogP contribution >= 0.6 is 0 Å². The van der Waals surface area contributed by atoms with Crippen LogP contribution in [0.4, 0.5) is 0 Å². The summed E-state index contributed by atoms with van der Waals surface area (Å²) < 4.78 is 0. The van der Waals surface area contributed by atoms with Crippen LogP contribution in [0.5, 0.6) is 0 Å². The maximum atomic E-state index is 13.1. The first kappa shape index (κ1) is 23.2. The smallest absolute Gasteiger partial charge is 0.262 e. The van der Waals surface area contributed by atoms with Crippen molar-refractivity contribution in [2.45, 2.75) is 64.0 Å². The van der Waals surface area contributed by atoms with Gasteiger partial charge in [-0.25, -0.2) is 0 Å². The lowest BCUT2D eigenvalue weighted by atomic mass is 9.87. The molecule has 3 fully saturated rings. The summed E-state index contributed by atoms with van der Waals surface area (Å²) in [6.07, 6.45) is 8.01. The first-order valence-electron chi connectivity index (χ1n) is 12.8. The van der Waals surface area contributed by atoms with Crippen LogP contribution in [-0.2, 0) is 16.1 Å². The minimum Gasteiger partial charge on any atom is -0.316 e. The van der Waals surface area contributed by atoms with Crippen molar-refractivity contribution in [2.24, 2.45) is 11.8 Å². The number of fused-ring (bicyclic) bond motifs is 1. The van der Waals surface area contributed by atoms with Crippen molar-refractivity contribution in [2.75, 3.05) is 26.2 Å². The number of hydrogen-bond donors (Lipinski definition) is 2. The Morgan fingerprint density at radius 2 is 1.71 bits per heavy atom. The average Bonchev–Trinajstić information content (AvgIpc) is 3.08. The van der Waals surface area contributed by atoms with Gasteiger partial charge in [0.15, 0.2) is 0 Å². The molecule has 8 nitrogen and oxygen atoms in total. The summed E-state index contributed by atoms with van der Waals surface area (Å²) >= 11 is 0. The number of carbonyl (C=O) groups excluding carboxylic acids is 4. The van der Waals surface area contributed by atoms with Crippen molar-refractivity contribution in [1.82, 2.24) is 20.4 Å². The van der Waals surface area contributed by atoms with E-state index in [0.29, 0.717) is 11.1 Å². The lowest BCUT2D eigenvalue weighted by Gasteiger charge is -2.34. The van der Waals surface area contributed by atoms with E-state index in [1.165, 1.54) is 38.5 Å². The van der Waals surface area contributed by atoms with Crippen LogP contribution in [-0.4, -0.2) is 65.6 Å². The molecule has 4 aliphatic heterocycles. The zero-order valence-electron chi connectivity index (χ0n) is 19.7. The number of rotatable bonds is 6. The van der Waals surface area contributed by atoms with Gasteiger partial charge in [0, 0.05) is 19.5 Å². The van der Waals surface area contributed by atoms with Crippen molar-refractivity contribution in [1.29, 1.82) is 0 Å². The van der Waals surface area contributed by atoms with E-state index in [9.17, 15) is 19.2 Å². The van der Waals surface area contributed by atoms with Crippen molar-refractivity contribution >= 4 is 23.6 Å². The second-order valence-corrected chi connectivity index (χ2v) is 10.4. The van der Waals surface area contributed by atoms with E-state index in [1.54, 1.807) is 6.07 Å². The first-order chi connectivity index (χ1) is 16.5. The molecule has 182 valence electrons. The topological polar surface area (TPSA) is 98.8 Å². The molecular weight excluding hydrogens is 432 g/mol. The second-order valence-electron chi connectivity index (χ2n) is 10.4. The lowest BCUT2D eigenvalue weighted by molar-refractivity contribution is -0.136. The lowest BCUT2D eigenvalue weighted by Crippen LogP contribution is -2.54. The summed E-state index contributed by atoms with van der Waals surface area (Å²) in [5.74, 6) is -0.289. The van der Waals surface area contributed by atoms with E-state index in [2.05, 4.69) is 15.5 Å². The highest BCUT2D eigenvalue weighted by molar-refractivity contribution is 6.23. The van der Waals surface area contributed by atoms with Crippen LogP contribution in [0.3, 0.4) is 0 Å². The molecule has 3 atom stereocenters. The standard InChI is InChI=1S/C26H34N4O4/c31-23-10-9-22(24(32)28-23)30-25(33)20-8-7-19(13-21(20)26(30)34)16-29-12-2-4-18(15-29)6-5-17-3-1-11-27-14-17/h7-8,13,17-18,22,27H,1-6,9-12,14-16H2,(H,28,31,32). The molecule has 2 N–H and O–H groups in total. The molecule has 4 heterocycles. The van der Waals surface area contributed by atoms with Gasteiger partial charge >= 0.3 is 0 Å². The summed E-state index contributed by atoms with van der Waals surface area (Å²) in [5.41, 5.74) is 1.73. The fourth-order valence-electron chi connectivity index (χ4n) is 6.05. The summed E-state index contributed by atoms with van der Waals surface area (Å²) in [6.45, 7) is 5.21. The van der Waals surface area contributed by atoms with Gasteiger partial charge in [0.2, 0.25) is 11.8 Å². The molecule has 34 heavy (non-hydrogen) atoms. The molecule has 5 rings (SSSR count). The van der Waals surface area contributed by atoms with Crippen LogP contribution < -0.4 is 10.6 Å². The molecule has 0 radical (unpaired) electrons. The Labute approximate surface area is 200 Å². The molecule has 4 aliphatic rings.